The van der Waals surface area contributed by atoms with Crippen LogP contribution in [-0.2, 0) is 9.59 Å². The molecule has 1 aliphatic heterocycles. The molecule has 1 aromatic rings. The van der Waals surface area contributed by atoms with Crippen LogP contribution >= 0.6 is 27.7 Å². The molecule has 1 amide bonds. The Labute approximate surface area is 138 Å². The van der Waals surface area contributed by atoms with Gasteiger partial charge in [-0.2, -0.15) is 0 Å². The minimum absolute atomic E-state index is 0.0418. The molecule has 0 bridgehead atoms. The van der Waals surface area contributed by atoms with Gasteiger partial charge in [-0.1, -0.05) is 11.8 Å². The van der Waals surface area contributed by atoms with Gasteiger partial charge in [0.25, 0.3) is 5.69 Å². The predicted molar refractivity (Wildman–Crippen MR) is 84.4 cm³/mol. The van der Waals surface area contributed by atoms with E-state index in [1.165, 1.54) is 11.8 Å². The zero-order valence-corrected chi connectivity index (χ0v) is 13.9. The molecule has 0 radical (unpaired) electrons. The molecule has 1 fully saturated rings. The minimum Gasteiger partial charge on any atom is -0.305 e. The van der Waals surface area contributed by atoms with E-state index in [1.807, 2.05) is 0 Å². The first-order valence-corrected chi connectivity index (χ1v) is 8.14. The quantitative estimate of drug-likeness (QED) is 0.582. The number of amides is 1. The number of halogens is 2. The largest absolute Gasteiger partial charge is 0.305 e. The van der Waals surface area contributed by atoms with E-state index in [-0.39, 0.29) is 40.1 Å². The molecule has 0 aromatic heterocycles. The number of hydrogen-bond acceptors (Lipinski definition) is 5. The number of hydrogen-bond donors (Lipinski definition) is 0. The van der Waals surface area contributed by atoms with E-state index in [0.717, 1.165) is 23.9 Å². The SMILES string of the molecule is CC(=O)SCC1CC(=O)N(c2c(Br)cc(F)cc2[N+](=O)[O-])C1. The molecule has 0 aliphatic carbocycles. The Morgan fingerprint density at radius 3 is 2.86 bits per heavy atom. The second-order valence-electron chi connectivity index (χ2n) is 4.89. The van der Waals surface area contributed by atoms with Gasteiger partial charge in [-0.05, 0) is 27.9 Å². The van der Waals surface area contributed by atoms with Gasteiger partial charge in [0.1, 0.15) is 11.5 Å². The van der Waals surface area contributed by atoms with Crippen molar-refractivity contribution in [3.63, 3.8) is 0 Å². The molecule has 1 heterocycles. The molecule has 2 rings (SSSR count). The Kier molecular flexibility index (Phi) is 5.17. The summed E-state index contributed by atoms with van der Waals surface area (Å²) in [7, 11) is 0. The summed E-state index contributed by atoms with van der Waals surface area (Å²) in [6, 6.07) is 1.89. The summed E-state index contributed by atoms with van der Waals surface area (Å²) in [4.78, 5) is 34.8. The van der Waals surface area contributed by atoms with Crippen LogP contribution in [0.1, 0.15) is 13.3 Å². The van der Waals surface area contributed by atoms with Crippen LogP contribution in [-0.4, -0.2) is 28.2 Å². The molecule has 0 spiro atoms. The number of carbonyl (C=O) groups is 2. The highest BCUT2D eigenvalue weighted by Gasteiger charge is 2.36. The van der Waals surface area contributed by atoms with Gasteiger partial charge in [-0.25, -0.2) is 4.39 Å². The van der Waals surface area contributed by atoms with Crippen molar-refractivity contribution in [3.05, 3.63) is 32.5 Å². The van der Waals surface area contributed by atoms with Crippen molar-refractivity contribution >= 4 is 50.1 Å². The van der Waals surface area contributed by atoms with Crippen molar-refractivity contribution in [1.29, 1.82) is 0 Å². The molecule has 118 valence electrons. The van der Waals surface area contributed by atoms with E-state index in [0.29, 0.717) is 5.75 Å². The fourth-order valence-corrected chi connectivity index (χ4v) is 3.63. The number of benzene rings is 1. The second kappa shape index (κ2) is 6.74. The Morgan fingerprint density at radius 1 is 1.59 bits per heavy atom. The van der Waals surface area contributed by atoms with Crippen molar-refractivity contribution in [1.82, 2.24) is 0 Å². The summed E-state index contributed by atoms with van der Waals surface area (Å²) in [6.45, 7) is 1.71. The Morgan fingerprint density at radius 2 is 2.27 bits per heavy atom. The monoisotopic (exact) mass is 390 g/mol. The first-order chi connectivity index (χ1) is 10.3. The lowest BCUT2D eigenvalue weighted by molar-refractivity contribution is -0.384. The minimum atomic E-state index is -0.752. The highest BCUT2D eigenvalue weighted by Crippen LogP contribution is 2.40. The third-order valence-corrected chi connectivity index (χ3v) is 4.85. The Bertz CT molecular complexity index is 655. The molecular weight excluding hydrogens is 379 g/mol. The van der Waals surface area contributed by atoms with E-state index >= 15 is 0 Å². The standard InChI is InChI=1S/C13H12BrFN2O4S/c1-7(18)22-6-8-2-12(19)16(5-8)13-10(14)3-9(15)4-11(13)17(20)21/h3-4,8H,2,5-6H2,1H3. The number of nitro groups is 1. The van der Waals surface area contributed by atoms with Crippen molar-refractivity contribution < 1.29 is 18.9 Å². The van der Waals surface area contributed by atoms with Crippen LogP contribution in [0.15, 0.2) is 16.6 Å². The van der Waals surface area contributed by atoms with Crippen LogP contribution < -0.4 is 4.90 Å². The van der Waals surface area contributed by atoms with Crippen LogP contribution in [0.25, 0.3) is 0 Å². The van der Waals surface area contributed by atoms with Crippen LogP contribution in [0.3, 0.4) is 0 Å². The smallest absolute Gasteiger partial charge is 0.297 e. The fraction of sp³-hybridized carbons (Fsp3) is 0.385. The maximum Gasteiger partial charge on any atom is 0.297 e. The average molecular weight is 391 g/mol. The molecule has 1 atom stereocenters. The molecule has 6 nitrogen and oxygen atoms in total. The second-order valence-corrected chi connectivity index (χ2v) is 6.94. The lowest BCUT2D eigenvalue weighted by Crippen LogP contribution is -2.26. The van der Waals surface area contributed by atoms with Gasteiger partial charge in [0.15, 0.2) is 5.12 Å². The number of thioether (sulfide) groups is 1. The Hall–Kier alpha value is -1.48. The summed E-state index contributed by atoms with van der Waals surface area (Å²) < 4.78 is 13.5. The van der Waals surface area contributed by atoms with Crippen LogP contribution in [0.4, 0.5) is 15.8 Å². The van der Waals surface area contributed by atoms with Crippen molar-refractivity contribution in [2.75, 3.05) is 17.2 Å². The maximum absolute atomic E-state index is 13.4. The molecule has 1 aliphatic rings. The number of carbonyl (C=O) groups excluding carboxylic acids is 2. The molecule has 1 unspecified atom stereocenters. The highest BCUT2D eigenvalue weighted by atomic mass is 79.9. The Balaban J connectivity index is 2.30. The predicted octanol–water partition coefficient (Wildman–Crippen LogP) is 3.13. The first-order valence-electron chi connectivity index (χ1n) is 6.36. The van der Waals surface area contributed by atoms with Gasteiger partial charge in [0.05, 0.1) is 15.5 Å². The van der Waals surface area contributed by atoms with Gasteiger partial charge in [-0.15, -0.1) is 0 Å². The third-order valence-electron chi connectivity index (χ3n) is 3.20. The molecule has 22 heavy (non-hydrogen) atoms. The molecular formula is C13H12BrFN2O4S. The lowest BCUT2D eigenvalue weighted by atomic mass is 10.1. The van der Waals surface area contributed by atoms with Gasteiger partial charge in [-0.3, -0.25) is 19.7 Å². The average Bonchev–Trinajstić information content (AvgIpc) is 2.76. The number of anilines is 1. The normalized spacial score (nSPS) is 17.9. The van der Waals surface area contributed by atoms with E-state index in [4.69, 9.17) is 0 Å². The first kappa shape index (κ1) is 16.9. The molecule has 1 aromatic carbocycles. The van der Waals surface area contributed by atoms with Crippen LogP contribution in [0.5, 0.6) is 0 Å². The van der Waals surface area contributed by atoms with E-state index < -0.39 is 16.4 Å². The van der Waals surface area contributed by atoms with Crippen LogP contribution in [0, 0.1) is 21.8 Å². The van der Waals surface area contributed by atoms with Gasteiger partial charge >= 0.3 is 0 Å². The summed E-state index contributed by atoms with van der Waals surface area (Å²) in [6.07, 6.45) is 0.210. The van der Waals surface area contributed by atoms with Crippen molar-refractivity contribution in [3.8, 4) is 0 Å². The topological polar surface area (TPSA) is 80.5 Å². The fourth-order valence-electron chi connectivity index (χ4n) is 2.30. The molecule has 9 heteroatoms. The van der Waals surface area contributed by atoms with Crippen LogP contribution in [0.2, 0.25) is 0 Å². The number of rotatable bonds is 4. The molecule has 0 saturated carbocycles. The number of nitro benzene ring substituents is 1. The lowest BCUT2D eigenvalue weighted by Gasteiger charge is -2.18. The van der Waals surface area contributed by atoms with Gasteiger partial charge in [0, 0.05) is 25.6 Å². The van der Waals surface area contributed by atoms with E-state index in [1.54, 1.807) is 0 Å². The molecule has 0 N–H and O–H groups in total. The summed E-state index contributed by atoms with van der Waals surface area (Å²) in [5.41, 5.74) is -0.396. The van der Waals surface area contributed by atoms with E-state index in [9.17, 15) is 24.1 Å². The summed E-state index contributed by atoms with van der Waals surface area (Å²) in [5, 5.41) is 11.1. The molecule has 1 saturated heterocycles. The number of nitrogens with zero attached hydrogens (tertiary/aromatic N) is 2. The highest BCUT2D eigenvalue weighted by molar-refractivity contribution is 9.10. The summed E-state index contributed by atoms with van der Waals surface area (Å²) >= 11 is 4.21. The third kappa shape index (κ3) is 3.64. The van der Waals surface area contributed by atoms with Crippen molar-refractivity contribution in [2.24, 2.45) is 5.92 Å². The zero-order valence-electron chi connectivity index (χ0n) is 11.5. The maximum atomic E-state index is 13.4. The zero-order chi connectivity index (χ0) is 16.4. The van der Waals surface area contributed by atoms with E-state index in [2.05, 4.69) is 15.9 Å². The van der Waals surface area contributed by atoms with Gasteiger partial charge < -0.3 is 4.90 Å². The van der Waals surface area contributed by atoms with Crippen molar-refractivity contribution in [2.45, 2.75) is 13.3 Å². The van der Waals surface area contributed by atoms with Gasteiger partial charge in [0.2, 0.25) is 5.91 Å². The summed E-state index contributed by atoms with van der Waals surface area (Å²) in [5.74, 6) is -0.621.